The normalized spacial score (nSPS) is 14.5. The van der Waals surface area contributed by atoms with Crippen LogP contribution < -0.4 is 0 Å². The molecule has 0 saturated carbocycles. The summed E-state index contributed by atoms with van der Waals surface area (Å²) in [6.45, 7) is 4.63. The van der Waals surface area contributed by atoms with E-state index in [0.29, 0.717) is 25.7 Å². The van der Waals surface area contributed by atoms with E-state index in [1.54, 1.807) is 0 Å². The van der Waals surface area contributed by atoms with Crippen LogP contribution in [-0.4, -0.2) is 96.7 Å². The van der Waals surface area contributed by atoms with Crippen LogP contribution in [0.4, 0.5) is 0 Å². The van der Waals surface area contributed by atoms with Crippen LogP contribution in [0.2, 0.25) is 0 Å². The van der Waals surface area contributed by atoms with Gasteiger partial charge in [0.2, 0.25) is 0 Å². The molecule has 0 bridgehead atoms. The zero-order valence-corrected chi connectivity index (χ0v) is 60.9. The van der Waals surface area contributed by atoms with Crippen molar-refractivity contribution in [3.05, 3.63) is 85.1 Å². The Balaban J connectivity index is 5.33. The average Bonchev–Trinajstić information content (AvgIpc) is 1.32. The van der Waals surface area contributed by atoms with Crippen LogP contribution in [0.5, 0.6) is 0 Å². The number of unbranched alkanes of at least 4 members (excludes halogenated alkanes) is 29. The Kier molecular flexibility index (Phi) is 65.1. The van der Waals surface area contributed by atoms with Gasteiger partial charge in [0.1, 0.15) is 19.3 Å². The molecule has 0 saturated heterocycles. The van der Waals surface area contributed by atoms with E-state index in [1.165, 1.54) is 64.2 Å². The number of ether oxygens (including phenoxy) is 4. The van der Waals surface area contributed by atoms with Gasteiger partial charge >= 0.3 is 39.5 Å². The lowest BCUT2D eigenvalue weighted by Gasteiger charge is -2.21. The SMILES string of the molecule is CC/C=C\C/C=C\C/C=C\C/C=C\CCCCCCC(=O)OCC(COP(=O)(O)OCC(O)COP(=O)(O)OCC(COC(=O)CCCCCCC/C=C\C/C=C\CCC)OC(=O)CCCCCCC/C=C\CCCCCC)OC(=O)CCCCCCCCCCCCC. The highest BCUT2D eigenvalue weighted by atomic mass is 31.2. The molecular weight excluding hydrogens is 1230 g/mol. The van der Waals surface area contributed by atoms with Gasteiger partial charge in [0, 0.05) is 25.7 Å². The van der Waals surface area contributed by atoms with E-state index in [9.17, 15) is 43.2 Å². The van der Waals surface area contributed by atoms with Gasteiger partial charge in [0.25, 0.3) is 0 Å². The van der Waals surface area contributed by atoms with Crippen LogP contribution in [-0.2, 0) is 65.4 Å². The molecule has 0 aromatic heterocycles. The summed E-state index contributed by atoms with van der Waals surface area (Å²) >= 11 is 0. The number of rotatable bonds is 69. The molecular formula is C75H132O17P2. The van der Waals surface area contributed by atoms with Crippen molar-refractivity contribution in [1.82, 2.24) is 0 Å². The highest BCUT2D eigenvalue weighted by molar-refractivity contribution is 7.47. The van der Waals surface area contributed by atoms with Crippen molar-refractivity contribution in [1.29, 1.82) is 0 Å². The molecule has 0 aliphatic rings. The van der Waals surface area contributed by atoms with Crippen molar-refractivity contribution in [2.24, 2.45) is 0 Å². The smallest absolute Gasteiger partial charge is 0.462 e. The zero-order valence-electron chi connectivity index (χ0n) is 59.1. The summed E-state index contributed by atoms with van der Waals surface area (Å²) in [6.07, 6.45) is 67.3. The molecule has 5 atom stereocenters. The lowest BCUT2D eigenvalue weighted by atomic mass is 10.1. The van der Waals surface area contributed by atoms with Gasteiger partial charge in [-0.15, -0.1) is 0 Å². The van der Waals surface area contributed by atoms with Gasteiger partial charge in [-0.3, -0.25) is 37.3 Å². The molecule has 3 N–H and O–H groups in total. The third-order valence-electron chi connectivity index (χ3n) is 15.3. The summed E-state index contributed by atoms with van der Waals surface area (Å²) in [5.74, 6) is -2.21. The monoisotopic (exact) mass is 1370 g/mol. The van der Waals surface area contributed by atoms with E-state index in [4.69, 9.17) is 37.0 Å². The van der Waals surface area contributed by atoms with Crippen molar-refractivity contribution >= 4 is 39.5 Å². The Bertz CT molecular complexity index is 2120. The van der Waals surface area contributed by atoms with Gasteiger partial charge < -0.3 is 33.8 Å². The van der Waals surface area contributed by atoms with Crippen LogP contribution in [0, 0.1) is 0 Å². The number of aliphatic hydroxyl groups is 1. The summed E-state index contributed by atoms with van der Waals surface area (Å²) in [7, 11) is -9.94. The third-order valence-corrected chi connectivity index (χ3v) is 17.2. The van der Waals surface area contributed by atoms with E-state index < -0.39 is 97.5 Å². The fourth-order valence-electron chi connectivity index (χ4n) is 9.71. The molecule has 0 rings (SSSR count). The van der Waals surface area contributed by atoms with E-state index >= 15 is 0 Å². The molecule has 19 heteroatoms. The first kappa shape index (κ1) is 90.2. The summed E-state index contributed by atoms with van der Waals surface area (Å²) in [5, 5.41) is 10.6. The molecule has 0 spiro atoms. The number of phosphoric ester groups is 2. The summed E-state index contributed by atoms with van der Waals surface area (Å²) < 4.78 is 68.3. The molecule has 0 aromatic carbocycles. The maximum absolute atomic E-state index is 13.0. The molecule has 0 heterocycles. The number of hydrogen-bond acceptors (Lipinski definition) is 15. The highest BCUT2D eigenvalue weighted by Gasteiger charge is 2.30. The number of carbonyl (C=O) groups excluding carboxylic acids is 4. The van der Waals surface area contributed by atoms with Gasteiger partial charge in [-0.25, -0.2) is 9.13 Å². The van der Waals surface area contributed by atoms with Gasteiger partial charge in [0.15, 0.2) is 12.2 Å². The molecule has 0 aliphatic heterocycles. The molecule has 544 valence electrons. The van der Waals surface area contributed by atoms with Gasteiger partial charge in [-0.1, -0.05) is 254 Å². The van der Waals surface area contributed by atoms with Gasteiger partial charge in [-0.2, -0.15) is 0 Å². The molecule has 0 fully saturated rings. The fourth-order valence-corrected chi connectivity index (χ4v) is 11.3. The lowest BCUT2D eigenvalue weighted by molar-refractivity contribution is -0.161. The second-order valence-electron chi connectivity index (χ2n) is 24.5. The Morgan fingerprint density at radius 2 is 0.574 bits per heavy atom. The van der Waals surface area contributed by atoms with E-state index in [1.807, 2.05) is 0 Å². The van der Waals surface area contributed by atoms with Crippen molar-refractivity contribution in [3.8, 4) is 0 Å². The Hall–Kier alpha value is -3.76. The zero-order chi connectivity index (χ0) is 69.0. The number of hydrogen-bond donors (Lipinski definition) is 3. The van der Waals surface area contributed by atoms with Gasteiger partial charge in [0.05, 0.1) is 26.4 Å². The molecule has 0 radical (unpaired) electrons. The second kappa shape index (κ2) is 67.8. The largest absolute Gasteiger partial charge is 0.472 e. The van der Waals surface area contributed by atoms with Crippen LogP contribution in [0.3, 0.4) is 0 Å². The van der Waals surface area contributed by atoms with Crippen LogP contribution in [0.25, 0.3) is 0 Å². The van der Waals surface area contributed by atoms with Crippen molar-refractivity contribution < 1.29 is 80.2 Å². The first-order chi connectivity index (χ1) is 45.7. The first-order valence-corrected chi connectivity index (χ1v) is 39.8. The van der Waals surface area contributed by atoms with Crippen molar-refractivity contribution in [2.75, 3.05) is 39.6 Å². The van der Waals surface area contributed by atoms with Crippen molar-refractivity contribution in [2.45, 2.75) is 329 Å². The molecule has 17 nitrogen and oxygen atoms in total. The van der Waals surface area contributed by atoms with E-state index in [0.717, 1.165) is 167 Å². The van der Waals surface area contributed by atoms with Crippen LogP contribution >= 0.6 is 15.6 Å². The molecule has 0 aliphatic carbocycles. The number of carbonyl (C=O) groups is 4. The summed E-state index contributed by atoms with van der Waals surface area (Å²) in [6, 6.07) is 0. The minimum atomic E-state index is -4.97. The number of allylic oxidation sites excluding steroid dienone is 14. The minimum absolute atomic E-state index is 0.0832. The second-order valence-corrected chi connectivity index (χ2v) is 27.4. The molecule has 0 amide bonds. The predicted molar refractivity (Wildman–Crippen MR) is 381 cm³/mol. The predicted octanol–water partition coefficient (Wildman–Crippen LogP) is 20.7. The Morgan fingerprint density at radius 3 is 0.915 bits per heavy atom. The average molecular weight is 1370 g/mol. The highest BCUT2D eigenvalue weighted by Crippen LogP contribution is 2.45. The molecule has 94 heavy (non-hydrogen) atoms. The Morgan fingerprint density at radius 1 is 0.309 bits per heavy atom. The maximum atomic E-state index is 13.0. The number of phosphoric acid groups is 2. The number of aliphatic hydroxyl groups excluding tert-OH is 1. The van der Waals surface area contributed by atoms with E-state index in [-0.39, 0.29) is 25.7 Å². The van der Waals surface area contributed by atoms with Crippen LogP contribution in [0.15, 0.2) is 85.1 Å². The lowest BCUT2D eigenvalue weighted by Crippen LogP contribution is -2.30. The number of esters is 4. The van der Waals surface area contributed by atoms with E-state index in [2.05, 4.69) is 113 Å². The molecule has 5 unspecified atom stereocenters. The topological polar surface area (TPSA) is 237 Å². The minimum Gasteiger partial charge on any atom is -0.462 e. The standard InChI is InChI=1S/C75H132O17P2/c1-5-9-13-17-21-25-29-32-33-34-35-38-41-44-48-52-56-60-73(78)86-65-70(91-74(79)61-57-53-49-45-39-28-24-20-16-12-8-4)67-89-93(81,82)87-63-69(76)64-88-94(83,84)90-68-71(92-75(80)62-58-54-50-46-42-37-31-27-23-19-15-11-7-3)66-85-72(77)59-55-51-47-43-40-36-30-26-22-18-14-10-6-2/h9,13-14,18,21,25-27,30-33,35,38,69-71,76H,5-8,10-12,15-17,19-20,22-24,28-29,34,36-37,39-68H2,1-4H3,(H,81,82)(H,83,84)/b13-9-,18-14-,25-21-,30-26-,31-27-,33-32-,38-35-. The third kappa shape index (κ3) is 66.8. The summed E-state index contributed by atoms with van der Waals surface area (Å²) in [4.78, 5) is 72.6. The quantitative estimate of drug-likeness (QED) is 0.0169. The first-order valence-electron chi connectivity index (χ1n) is 36.8. The molecule has 0 aromatic rings. The Labute approximate surface area is 570 Å². The van der Waals surface area contributed by atoms with Crippen LogP contribution in [0.1, 0.15) is 310 Å². The summed E-state index contributed by atoms with van der Waals surface area (Å²) in [5.41, 5.74) is 0. The van der Waals surface area contributed by atoms with Crippen molar-refractivity contribution in [3.63, 3.8) is 0 Å². The fraction of sp³-hybridized carbons (Fsp3) is 0.760. The van der Waals surface area contributed by atoms with Gasteiger partial charge in [-0.05, 0) is 116 Å². The maximum Gasteiger partial charge on any atom is 0.472 e.